The van der Waals surface area contributed by atoms with Crippen LogP contribution in [0.1, 0.15) is 31.4 Å². The smallest absolute Gasteiger partial charge is 0.242 e. The number of nitrogens with one attached hydrogen (secondary N) is 1. The largest absolute Gasteiger partial charge is 0.350 e. The molecule has 0 aliphatic rings. The van der Waals surface area contributed by atoms with Crippen molar-refractivity contribution >= 4 is 25.8 Å². The average molecular weight is 439 g/mol. The van der Waals surface area contributed by atoms with Gasteiger partial charge in [-0.25, -0.2) is 21.1 Å². The molecule has 158 valence electrons. The minimum atomic E-state index is -3.57. The maximum Gasteiger partial charge on any atom is 0.242 e. The summed E-state index contributed by atoms with van der Waals surface area (Å²) in [6, 6.07) is 14.2. The lowest BCUT2D eigenvalue weighted by Gasteiger charge is -2.18. The number of benzene rings is 2. The van der Waals surface area contributed by atoms with Gasteiger partial charge in [0.15, 0.2) is 9.84 Å². The summed E-state index contributed by atoms with van der Waals surface area (Å²) in [7, 11) is -5.34. The number of hydrogen-bond acceptors (Lipinski definition) is 5. The molecule has 0 saturated carbocycles. The highest BCUT2D eigenvalue weighted by atomic mass is 32.2. The van der Waals surface area contributed by atoms with Gasteiger partial charge in [0.1, 0.15) is 0 Å². The quantitative estimate of drug-likeness (QED) is 0.648. The second-order valence-electron chi connectivity index (χ2n) is 6.87. The molecular weight excluding hydrogens is 412 g/mol. The summed E-state index contributed by atoms with van der Waals surface area (Å²) in [5, 5.41) is 2.84. The molecule has 1 amide bonds. The van der Waals surface area contributed by atoms with Crippen LogP contribution in [0.25, 0.3) is 0 Å². The summed E-state index contributed by atoms with van der Waals surface area (Å²) in [5.74, 6) is -0.199. The second-order valence-corrected chi connectivity index (χ2v) is 10.9. The van der Waals surface area contributed by atoms with Crippen LogP contribution in [-0.2, 0) is 24.7 Å². The molecule has 7 nitrogen and oxygen atoms in total. The van der Waals surface area contributed by atoms with E-state index in [1.807, 2.05) is 0 Å². The summed E-state index contributed by atoms with van der Waals surface area (Å²) in [5.41, 5.74) is 0.787. The first-order valence-electron chi connectivity index (χ1n) is 9.12. The third kappa shape index (κ3) is 6.38. The highest BCUT2D eigenvalue weighted by Crippen LogP contribution is 2.17. The Bertz CT molecular complexity index is 1030. The van der Waals surface area contributed by atoms with Gasteiger partial charge in [0.2, 0.25) is 15.9 Å². The van der Waals surface area contributed by atoms with Crippen molar-refractivity contribution in [3.8, 4) is 0 Å². The van der Waals surface area contributed by atoms with Crippen LogP contribution >= 0.6 is 0 Å². The molecule has 0 aliphatic carbocycles. The molecule has 0 fully saturated rings. The minimum Gasteiger partial charge on any atom is -0.350 e. The van der Waals surface area contributed by atoms with Crippen LogP contribution in [0.4, 0.5) is 0 Å². The normalized spacial score (nSPS) is 13.2. The Balaban J connectivity index is 1.85. The van der Waals surface area contributed by atoms with Crippen molar-refractivity contribution in [1.29, 1.82) is 0 Å². The van der Waals surface area contributed by atoms with Crippen molar-refractivity contribution in [1.82, 2.24) is 9.62 Å². The number of sulfone groups is 1. The van der Waals surface area contributed by atoms with Gasteiger partial charge < -0.3 is 5.32 Å². The van der Waals surface area contributed by atoms with Gasteiger partial charge in [-0.1, -0.05) is 30.3 Å². The molecule has 0 spiro atoms. The van der Waals surface area contributed by atoms with Crippen LogP contribution in [0.5, 0.6) is 0 Å². The number of hydrogen-bond donors (Lipinski definition) is 1. The van der Waals surface area contributed by atoms with Crippen LogP contribution in [0.3, 0.4) is 0 Å². The molecule has 0 unspecified atom stereocenters. The van der Waals surface area contributed by atoms with Crippen molar-refractivity contribution in [3.05, 3.63) is 60.2 Å². The van der Waals surface area contributed by atoms with Gasteiger partial charge in [-0.15, -0.1) is 0 Å². The van der Waals surface area contributed by atoms with Gasteiger partial charge in [-0.3, -0.25) is 4.79 Å². The molecule has 29 heavy (non-hydrogen) atoms. The maximum atomic E-state index is 12.5. The maximum absolute atomic E-state index is 12.5. The van der Waals surface area contributed by atoms with Crippen LogP contribution in [0.15, 0.2) is 64.4 Å². The van der Waals surface area contributed by atoms with Crippen LogP contribution < -0.4 is 5.32 Å². The van der Waals surface area contributed by atoms with E-state index in [-0.39, 0.29) is 34.7 Å². The molecular formula is C20H26N2O5S2. The van der Waals surface area contributed by atoms with E-state index < -0.39 is 19.9 Å². The standard InChI is InChI=1S/C20H26N2O5S2/c1-16(17-11-13-18(14-12-17)28(3,24)25)21-20(23)10-7-15-22(2)29(26,27)19-8-5-4-6-9-19/h4-6,8-9,11-14,16H,7,10,15H2,1-3H3,(H,21,23)/t16-/m1/s1. The van der Waals surface area contributed by atoms with Gasteiger partial charge in [-0.05, 0) is 43.2 Å². The van der Waals surface area contributed by atoms with Gasteiger partial charge in [0, 0.05) is 26.3 Å². The molecule has 2 aromatic rings. The number of rotatable bonds is 9. The first-order valence-corrected chi connectivity index (χ1v) is 12.5. The van der Waals surface area contributed by atoms with Gasteiger partial charge in [0.05, 0.1) is 15.8 Å². The molecule has 0 aliphatic heterocycles. The molecule has 2 rings (SSSR count). The Morgan fingerprint density at radius 1 is 0.966 bits per heavy atom. The van der Waals surface area contributed by atoms with Gasteiger partial charge in [0.25, 0.3) is 0 Å². The summed E-state index contributed by atoms with van der Waals surface area (Å²) < 4.78 is 49.2. The van der Waals surface area contributed by atoms with E-state index in [1.54, 1.807) is 37.3 Å². The summed E-state index contributed by atoms with van der Waals surface area (Å²) in [6.45, 7) is 2.03. The van der Waals surface area contributed by atoms with E-state index in [0.29, 0.717) is 6.42 Å². The molecule has 1 atom stereocenters. The second kappa shape index (κ2) is 9.51. The van der Waals surface area contributed by atoms with E-state index in [2.05, 4.69) is 5.32 Å². The number of sulfonamides is 1. The van der Waals surface area contributed by atoms with Crippen molar-refractivity contribution in [2.45, 2.75) is 35.6 Å². The minimum absolute atomic E-state index is 0.181. The zero-order valence-corrected chi connectivity index (χ0v) is 18.3. The molecule has 0 bridgehead atoms. The number of nitrogens with zero attached hydrogens (tertiary/aromatic N) is 1. The molecule has 0 saturated heterocycles. The zero-order valence-electron chi connectivity index (χ0n) is 16.7. The first-order chi connectivity index (χ1) is 13.5. The molecule has 0 aromatic heterocycles. The molecule has 1 N–H and O–H groups in total. The monoisotopic (exact) mass is 438 g/mol. The average Bonchev–Trinajstić information content (AvgIpc) is 2.68. The zero-order chi connectivity index (χ0) is 21.7. The lowest BCUT2D eigenvalue weighted by Crippen LogP contribution is -2.30. The third-order valence-corrected chi connectivity index (χ3v) is 7.51. The fraction of sp³-hybridized carbons (Fsp3) is 0.350. The number of amides is 1. The van der Waals surface area contributed by atoms with Crippen LogP contribution in [0.2, 0.25) is 0 Å². The van der Waals surface area contributed by atoms with E-state index in [0.717, 1.165) is 11.8 Å². The summed E-state index contributed by atoms with van der Waals surface area (Å²) in [4.78, 5) is 12.6. The predicted molar refractivity (Wildman–Crippen MR) is 112 cm³/mol. The topological polar surface area (TPSA) is 101 Å². The van der Waals surface area contributed by atoms with E-state index in [9.17, 15) is 21.6 Å². The van der Waals surface area contributed by atoms with Crippen LogP contribution in [0, 0.1) is 0 Å². The molecule has 0 radical (unpaired) electrons. The molecule has 0 heterocycles. The highest BCUT2D eigenvalue weighted by Gasteiger charge is 2.20. The SMILES string of the molecule is C[C@@H](NC(=O)CCCN(C)S(=O)(=O)c1ccccc1)c1ccc(S(C)(=O)=O)cc1. The summed E-state index contributed by atoms with van der Waals surface area (Å²) in [6.07, 6.45) is 1.71. The Morgan fingerprint density at radius 3 is 2.10 bits per heavy atom. The van der Waals surface area contributed by atoms with Crippen molar-refractivity contribution in [2.75, 3.05) is 19.8 Å². The van der Waals surface area contributed by atoms with E-state index >= 15 is 0 Å². The Morgan fingerprint density at radius 2 is 1.55 bits per heavy atom. The van der Waals surface area contributed by atoms with Crippen molar-refractivity contribution < 1.29 is 21.6 Å². The van der Waals surface area contributed by atoms with Crippen molar-refractivity contribution in [2.24, 2.45) is 0 Å². The van der Waals surface area contributed by atoms with Crippen LogP contribution in [-0.4, -0.2) is 46.9 Å². The first kappa shape index (κ1) is 23.1. The van der Waals surface area contributed by atoms with E-state index in [4.69, 9.17) is 0 Å². The fourth-order valence-corrected chi connectivity index (χ4v) is 4.62. The number of carbonyl (C=O) groups is 1. The lowest BCUT2D eigenvalue weighted by atomic mass is 10.1. The van der Waals surface area contributed by atoms with Crippen molar-refractivity contribution in [3.63, 3.8) is 0 Å². The third-order valence-electron chi connectivity index (χ3n) is 4.51. The predicted octanol–water partition coefficient (Wildman–Crippen LogP) is 2.37. The Labute approximate surface area is 172 Å². The van der Waals surface area contributed by atoms with Gasteiger partial charge >= 0.3 is 0 Å². The Kier molecular flexibility index (Phi) is 7.56. The van der Waals surface area contributed by atoms with Gasteiger partial charge in [-0.2, -0.15) is 0 Å². The highest BCUT2D eigenvalue weighted by molar-refractivity contribution is 7.90. The number of carbonyl (C=O) groups excluding carboxylic acids is 1. The summed E-state index contributed by atoms with van der Waals surface area (Å²) >= 11 is 0. The lowest BCUT2D eigenvalue weighted by molar-refractivity contribution is -0.121. The Hall–Kier alpha value is -2.23. The molecule has 9 heteroatoms. The fourth-order valence-electron chi connectivity index (χ4n) is 2.76. The van der Waals surface area contributed by atoms with E-state index in [1.165, 1.54) is 35.6 Å². The molecule has 2 aromatic carbocycles.